The van der Waals surface area contributed by atoms with Crippen LogP contribution in [0.5, 0.6) is 0 Å². The van der Waals surface area contributed by atoms with Crippen LogP contribution in [0.25, 0.3) is 0 Å². The predicted octanol–water partition coefficient (Wildman–Crippen LogP) is 2.40. The van der Waals surface area contributed by atoms with Crippen molar-refractivity contribution in [2.24, 2.45) is 0 Å². The Labute approximate surface area is 103 Å². The zero-order chi connectivity index (χ0) is 13.5. The van der Waals surface area contributed by atoms with Gasteiger partial charge >= 0.3 is 0 Å². The first-order valence-electron chi connectivity index (χ1n) is 5.96. The van der Waals surface area contributed by atoms with Gasteiger partial charge in [-0.25, -0.2) is 0 Å². The maximum atomic E-state index is 9.00. The van der Waals surface area contributed by atoms with Gasteiger partial charge in [0.05, 0.1) is 25.2 Å². The van der Waals surface area contributed by atoms with Crippen molar-refractivity contribution in [3.8, 4) is 0 Å². The second-order valence-corrected chi connectivity index (χ2v) is 3.24. The third-order valence-corrected chi connectivity index (χ3v) is 1.20. The lowest BCUT2D eigenvalue weighted by atomic mass is 10.5. The van der Waals surface area contributed by atoms with Gasteiger partial charge in [-0.3, -0.25) is 19.3 Å². The van der Waals surface area contributed by atoms with Crippen molar-refractivity contribution in [3.05, 3.63) is 0 Å². The first kappa shape index (κ1) is 18.7. The van der Waals surface area contributed by atoms with Gasteiger partial charge in [-0.15, -0.1) is 0 Å². The van der Waals surface area contributed by atoms with E-state index in [9.17, 15) is 0 Å². The summed E-state index contributed by atoms with van der Waals surface area (Å²) in [5.74, 6) is -0.833. The van der Waals surface area contributed by atoms with Gasteiger partial charge in [0.1, 0.15) is 0 Å². The fourth-order valence-corrected chi connectivity index (χ4v) is 0.609. The fourth-order valence-electron chi connectivity index (χ4n) is 0.609. The summed E-state index contributed by atoms with van der Waals surface area (Å²) in [6.07, 6.45) is 2.84. The lowest BCUT2D eigenvalue weighted by Gasteiger charge is -2.18. The Bertz CT molecular complexity index is 143. The molecule has 0 fully saturated rings. The molecule has 104 valence electrons. The van der Waals surface area contributed by atoms with E-state index in [4.69, 9.17) is 24.4 Å². The smallest absolute Gasteiger partial charge is 0.300 e. The summed E-state index contributed by atoms with van der Waals surface area (Å²) in [5.41, 5.74) is 0. The lowest BCUT2D eigenvalue weighted by Crippen LogP contribution is -2.26. The van der Waals surface area contributed by atoms with E-state index in [1.54, 1.807) is 0 Å². The van der Waals surface area contributed by atoms with Crippen LogP contribution in [0.1, 0.15) is 47.0 Å². The highest BCUT2D eigenvalue weighted by molar-refractivity contribution is 5.62. The molecular weight excluding hydrogens is 226 g/mol. The maximum absolute atomic E-state index is 9.00. The molecule has 17 heavy (non-hydrogen) atoms. The van der Waals surface area contributed by atoms with Crippen molar-refractivity contribution >= 4 is 5.97 Å². The van der Waals surface area contributed by atoms with Crippen LogP contribution < -0.4 is 0 Å². The number of hydrogen-bond acceptors (Lipinski definition) is 5. The van der Waals surface area contributed by atoms with Gasteiger partial charge in [0.15, 0.2) is 0 Å². The van der Waals surface area contributed by atoms with Gasteiger partial charge in [-0.2, -0.15) is 0 Å². The highest BCUT2D eigenvalue weighted by atomic mass is 17.2. The first-order valence-corrected chi connectivity index (χ1v) is 5.96. The number of carbonyl (C=O) groups is 1. The average Bonchev–Trinajstić information content (AvgIpc) is 2.27. The van der Waals surface area contributed by atoms with Crippen LogP contribution in [0.3, 0.4) is 0 Å². The molecule has 1 N–H and O–H groups in total. The summed E-state index contributed by atoms with van der Waals surface area (Å²) in [4.78, 5) is 24.6. The van der Waals surface area contributed by atoms with Gasteiger partial charge in [-0.1, -0.05) is 20.8 Å². The zero-order valence-electron chi connectivity index (χ0n) is 11.3. The lowest BCUT2D eigenvalue weighted by molar-refractivity contribution is -0.526. The fraction of sp³-hybridized carbons (Fsp3) is 0.909. The Morgan fingerprint density at radius 2 is 1.18 bits per heavy atom. The monoisotopic (exact) mass is 251 g/mol. The first-order chi connectivity index (χ1) is 8.08. The van der Waals surface area contributed by atoms with Gasteiger partial charge in [0.2, 0.25) is 0 Å². The molecular formula is C11H25NO5. The number of nitrogens with zero attached hydrogens (tertiary/aromatic N) is 1. The summed E-state index contributed by atoms with van der Waals surface area (Å²) < 4.78 is 0. The Kier molecular flexibility index (Phi) is 16.8. The molecule has 0 radical (unpaired) electrons. The topological polar surface area (TPSA) is 68.2 Å². The van der Waals surface area contributed by atoms with Crippen LogP contribution in [-0.4, -0.2) is 36.3 Å². The van der Waals surface area contributed by atoms with E-state index in [-0.39, 0.29) is 0 Å². The minimum atomic E-state index is -0.833. The second kappa shape index (κ2) is 15.3. The molecule has 0 aliphatic rings. The quantitative estimate of drug-likeness (QED) is 0.635. The van der Waals surface area contributed by atoms with Crippen molar-refractivity contribution in [1.82, 2.24) is 5.39 Å². The Hall–Kier alpha value is -0.690. The van der Waals surface area contributed by atoms with Gasteiger partial charge in [-0.05, 0) is 19.3 Å². The van der Waals surface area contributed by atoms with Crippen molar-refractivity contribution in [3.63, 3.8) is 0 Å². The van der Waals surface area contributed by atoms with E-state index in [1.165, 1.54) is 0 Å². The van der Waals surface area contributed by atoms with E-state index >= 15 is 0 Å². The molecule has 0 heterocycles. The molecule has 0 aromatic heterocycles. The molecule has 0 saturated carbocycles. The van der Waals surface area contributed by atoms with Gasteiger partial charge in [0, 0.05) is 6.92 Å². The molecule has 0 bridgehead atoms. The van der Waals surface area contributed by atoms with Crippen LogP contribution in [-0.2, 0) is 19.3 Å². The molecule has 0 rings (SSSR count). The number of aliphatic carboxylic acids is 1. The summed E-state index contributed by atoms with van der Waals surface area (Å²) in [6, 6.07) is 0. The van der Waals surface area contributed by atoms with Crippen molar-refractivity contribution in [2.75, 3.05) is 19.8 Å². The molecule has 0 aliphatic carbocycles. The van der Waals surface area contributed by atoms with Gasteiger partial charge in [0.25, 0.3) is 5.97 Å². The number of carboxylic acids is 1. The van der Waals surface area contributed by atoms with E-state index in [1.807, 2.05) is 20.8 Å². The van der Waals surface area contributed by atoms with E-state index < -0.39 is 5.97 Å². The van der Waals surface area contributed by atoms with Crippen molar-refractivity contribution in [1.29, 1.82) is 0 Å². The molecule has 0 aromatic rings. The van der Waals surface area contributed by atoms with Gasteiger partial charge < -0.3 is 5.11 Å². The van der Waals surface area contributed by atoms with E-state index in [0.717, 1.165) is 31.6 Å². The molecule has 0 aliphatic heterocycles. The third kappa shape index (κ3) is 21.2. The number of hydrogen-bond donors (Lipinski definition) is 1. The van der Waals surface area contributed by atoms with Crippen LogP contribution in [0.4, 0.5) is 0 Å². The normalized spacial score (nSPS) is 9.94. The number of carboxylic acid groups (broad SMARTS) is 1. The van der Waals surface area contributed by atoms with Crippen LogP contribution in [0.2, 0.25) is 0 Å². The summed E-state index contributed by atoms with van der Waals surface area (Å²) in [7, 11) is 0. The average molecular weight is 251 g/mol. The highest BCUT2D eigenvalue weighted by Gasteiger charge is 2.04. The third-order valence-electron chi connectivity index (χ3n) is 1.20. The van der Waals surface area contributed by atoms with Crippen LogP contribution >= 0.6 is 0 Å². The zero-order valence-corrected chi connectivity index (χ0v) is 11.3. The van der Waals surface area contributed by atoms with E-state index in [2.05, 4.69) is 0 Å². The molecule has 6 heteroatoms. The molecule has 0 aromatic carbocycles. The molecule has 0 unspecified atom stereocenters. The predicted molar refractivity (Wildman–Crippen MR) is 63.9 cm³/mol. The maximum Gasteiger partial charge on any atom is 0.300 e. The largest absolute Gasteiger partial charge is 0.481 e. The Morgan fingerprint density at radius 1 is 0.941 bits per heavy atom. The molecule has 0 atom stereocenters. The SMILES string of the molecule is CC(=O)O.CCCON(OCCC)OCCC. The van der Waals surface area contributed by atoms with Crippen LogP contribution in [0, 0.1) is 0 Å². The molecule has 0 amide bonds. The number of rotatable bonds is 9. The Morgan fingerprint density at radius 3 is 1.35 bits per heavy atom. The van der Waals surface area contributed by atoms with Crippen molar-refractivity contribution in [2.45, 2.75) is 47.0 Å². The summed E-state index contributed by atoms with van der Waals surface area (Å²) in [5, 5.41) is 8.55. The standard InChI is InChI=1S/C9H21NO3.C2H4O2/c1-4-7-11-10(12-8-5-2)13-9-6-3;1-2(3)4/h4-9H2,1-3H3;1H3,(H,3,4). The molecule has 6 nitrogen and oxygen atoms in total. The Balaban J connectivity index is 0. The highest BCUT2D eigenvalue weighted by Crippen LogP contribution is 1.97. The second-order valence-electron chi connectivity index (χ2n) is 3.24. The summed E-state index contributed by atoms with van der Waals surface area (Å²) >= 11 is 0. The van der Waals surface area contributed by atoms with E-state index in [0.29, 0.717) is 19.8 Å². The molecule has 0 saturated heterocycles. The molecule has 0 spiro atoms. The minimum absolute atomic E-state index is 0.618. The van der Waals surface area contributed by atoms with Crippen LogP contribution in [0.15, 0.2) is 0 Å². The summed E-state index contributed by atoms with van der Waals surface area (Å²) in [6.45, 7) is 9.06. The minimum Gasteiger partial charge on any atom is -0.481 e. The van der Waals surface area contributed by atoms with Crippen molar-refractivity contribution < 1.29 is 24.4 Å².